The minimum atomic E-state index is 0. The Labute approximate surface area is 173 Å². The van der Waals surface area contributed by atoms with E-state index < -0.39 is 0 Å². The number of fused-ring (bicyclic) bond motifs is 1. The zero-order valence-electron chi connectivity index (χ0n) is 16.2. The van der Waals surface area contributed by atoms with Crippen molar-refractivity contribution in [3.05, 3.63) is 34.5 Å². The van der Waals surface area contributed by atoms with Gasteiger partial charge in [0.25, 0.3) is 0 Å². The van der Waals surface area contributed by atoms with Gasteiger partial charge in [-0.25, -0.2) is 4.99 Å². The van der Waals surface area contributed by atoms with Crippen LogP contribution in [0.2, 0.25) is 0 Å². The molecule has 6 heteroatoms. The van der Waals surface area contributed by atoms with Crippen molar-refractivity contribution in [2.24, 2.45) is 10.9 Å². The first kappa shape index (κ1) is 21.0. The third-order valence-corrected chi connectivity index (χ3v) is 4.98. The van der Waals surface area contributed by atoms with Crippen LogP contribution < -0.4 is 10.6 Å². The summed E-state index contributed by atoms with van der Waals surface area (Å²) in [5.41, 5.74) is 6.30. The van der Waals surface area contributed by atoms with E-state index in [0.717, 1.165) is 38.7 Å². The second kappa shape index (κ2) is 9.60. The Morgan fingerprint density at radius 3 is 2.77 bits per heavy atom. The molecule has 5 nitrogen and oxygen atoms in total. The van der Waals surface area contributed by atoms with Crippen LogP contribution in [0.4, 0.5) is 0 Å². The molecule has 0 amide bonds. The lowest BCUT2D eigenvalue weighted by molar-refractivity contribution is 0.186. The summed E-state index contributed by atoms with van der Waals surface area (Å²) in [6.07, 6.45) is 1.13. The zero-order chi connectivity index (χ0) is 17.8. The van der Waals surface area contributed by atoms with Crippen LogP contribution in [0.5, 0.6) is 0 Å². The molecular weight excluding hydrogens is 439 g/mol. The highest BCUT2D eigenvalue weighted by molar-refractivity contribution is 14.0. The summed E-state index contributed by atoms with van der Waals surface area (Å²) in [4.78, 5) is 8.34. The maximum atomic E-state index is 5.45. The summed E-state index contributed by atoms with van der Waals surface area (Å²) in [6.45, 7) is 12.7. The fourth-order valence-corrected chi connectivity index (χ4v) is 3.40. The van der Waals surface area contributed by atoms with E-state index in [0.29, 0.717) is 12.5 Å². The molecule has 1 aliphatic heterocycles. The summed E-state index contributed by atoms with van der Waals surface area (Å²) in [5.74, 6) is 1.47. The molecule has 0 spiro atoms. The van der Waals surface area contributed by atoms with E-state index in [2.05, 4.69) is 55.4 Å². The molecule has 1 aromatic heterocycles. The van der Waals surface area contributed by atoms with E-state index in [4.69, 9.17) is 9.73 Å². The minimum Gasteiger partial charge on any atom is -0.381 e. The van der Waals surface area contributed by atoms with Crippen LogP contribution in [-0.2, 0) is 11.3 Å². The Morgan fingerprint density at radius 1 is 1.27 bits per heavy atom. The van der Waals surface area contributed by atoms with Crippen LogP contribution in [-0.4, -0.2) is 37.2 Å². The van der Waals surface area contributed by atoms with Crippen LogP contribution >= 0.6 is 24.0 Å². The number of nitrogens with zero attached hydrogens (tertiary/aromatic N) is 1. The standard InChI is InChI=1S/C20H30N4O.HI/c1-5-21-20(22-10-16-6-7-25-12-16)23-11-17-8-13(2)9-18-14(3)15(4)24-19(17)18;/h8-9,16,24H,5-7,10-12H2,1-4H3,(H2,21,22,23);1H. The van der Waals surface area contributed by atoms with Gasteiger partial charge >= 0.3 is 0 Å². The number of nitrogens with one attached hydrogen (secondary N) is 3. The van der Waals surface area contributed by atoms with Crippen molar-refractivity contribution in [3.8, 4) is 0 Å². The first-order chi connectivity index (χ1) is 12.1. The van der Waals surface area contributed by atoms with Crippen molar-refractivity contribution in [3.63, 3.8) is 0 Å². The lowest BCUT2D eigenvalue weighted by atomic mass is 10.0. The number of rotatable bonds is 5. The molecule has 1 atom stereocenters. The van der Waals surface area contributed by atoms with Gasteiger partial charge in [0.2, 0.25) is 0 Å². The van der Waals surface area contributed by atoms with Crippen molar-refractivity contribution in [1.82, 2.24) is 15.6 Å². The largest absolute Gasteiger partial charge is 0.381 e. The van der Waals surface area contributed by atoms with Crippen molar-refractivity contribution >= 4 is 40.8 Å². The Kier molecular flexibility index (Phi) is 7.76. The Balaban J connectivity index is 0.00000243. The predicted molar refractivity (Wildman–Crippen MR) is 120 cm³/mol. The SMILES string of the molecule is CCNC(=NCc1cc(C)cc2c(C)c(C)[nH]c12)NCC1CCOC1.I. The first-order valence-corrected chi connectivity index (χ1v) is 9.26. The van der Waals surface area contributed by atoms with Crippen molar-refractivity contribution in [2.75, 3.05) is 26.3 Å². The topological polar surface area (TPSA) is 61.4 Å². The molecule has 1 aliphatic rings. The van der Waals surface area contributed by atoms with E-state index in [1.54, 1.807) is 0 Å². The molecule has 144 valence electrons. The summed E-state index contributed by atoms with van der Waals surface area (Å²) in [7, 11) is 0. The number of hydrogen-bond donors (Lipinski definition) is 3. The predicted octanol–water partition coefficient (Wildman–Crippen LogP) is 3.80. The van der Waals surface area contributed by atoms with Gasteiger partial charge in [0, 0.05) is 36.7 Å². The molecule has 2 heterocycles. The molecule has 1 unspecified atom stereocenters. The summed E-state index contributed by atoms with van der Waals surface area (Å²) >= 11 is 0. The normalized spacial score (nSPS) is 17.4. The highest BCUT2D eigenvalue weighted by Gasteiger charge is 2.16. The zero-order valence-corrected chi connectivity index (χ0v) is 18.6. The van der Waals surface area contributed by atoms with Crippen LogP contribution in [0, 0.1) is 26.7 Å². The molecule has 0 bridgehead atoms. The number of hydrogen-bond acceptors (Lipinski definition) is 2. The molecule has 1 saturated heterocycles. The monoisotopic (exact) mass is 470 g/mol. The summed E-state index contributed by atoms with van der Waals surface area (Å²) in [5, 5.41) is 8.11. The van der Waals surface area contributed by atoms with Gasteiger partial charge in [0.05, 0.1) is 18.7 Å². The van der Waals surface area contributed by atoms with Gasteiger partial charge in [0.15, 0.2) is 5.96 Å². The van der Waals surface area contributed by atoms with Crippen LogP contribution in [0.3, 0.4) is 0 Å². The number of aryl methyl sites for hydroxylation is 3. The molecule has 3 N–H and O–H groups in total. The van der Waals surface area contributed by atoms with E-state index in [1.165, 1.54) is 33.3 Å². The fourth-order valence-electron chi connectivity index (χ4n) is 3.40. The Hall–Kier alpha value is -1.28. The number of guanidine groups is 1. The smallest absolute Gasteiger partial charge is 0.191 e. The van der Waals surface area contributed by atoms with Gasteiger partial charge in [-0.3, -0.25) is 0 Å². The highest BCUT2D eigenvalue weighted by Crippen LogP contribution is 2.26. The van der Waals surface area contributed by atoms with Crippen molar-refractivity contribution in [1.29, 1.82) is 0 Å². The molecule has 2 aromatic rings. The summed E-state index contributed by atoms with van der Waals surface area (Å²) < 4.78 is 5.45. The van der Waals surface area contributed by atoms with Gasteiger partial charge in [-0.2, -0.15) is 0 Å². The second-order valence-corrected chi connectivity index (χ2v) is 7.03. The quantitative estimate of drug-likeness (QED) is 0.354. The third-order valence-electron chi connectivity index (χ3n) is 4.98. The van der Waals surface area contributed by atoms with Gasteiger partial charge < -0.3 is 20.4 Å². The van der Waals surface area contributed by atoms with Gasteiger partial charge in [-0.1, -0.05) is 11.6 Å². The highest BCUT2D eigenvalue weighted by atomic mass is 127. The first-order valence-electron chi connectivity index (χ1n) is 9.26. The number of aliphatic imine (C=N–C) groups is 1. The maximum Gasteiger partial charge on any atom is 0.191 e. The molecule has 0 aliphatic carbocycles. The van der Waals surface area contributed by atoms with Crippen LogP contribution in [0.1, 0.15) is 35.7 Å². The lowest BCUT2D eigenvalue weighted by Gasteiger charge is -2.14. The number of aromatic amines is 1. The van der Waals surface area contributed by atoms with Crippen LogP contribution in [0.15, 0.2) is 17.1 Å². The number of halogens is 1. The minimum absolute atomic E-state index is 0. The molecule has 1 fully saturated rings. The number of ether oxygens (including phenoxy) is 1. The summed E-state index contributed by atoms with van der Waals surface area (Å²) in [6, 6.07) is 4.49. The molecule has 3 rings (SSSR count). The second-order valence-electron chi connectivity index (χ2n) is 7.03. The fraction of sp³-hybridized carbons (Fsp3) is 0.550. The van der Waals surface area contributed by atoms with Gasteiger partial charge in [0.1, 0.15) is 0 Å². The molecule has 26 heavy (non-hydrogen) atoms. The van der Waals surface area contributed by atoms with E-state index >= 15 is 0 Å². The molecule has 1 aromatic carbocycles. The van der Waals surface area contributed by atoms with Crippen molar-refractivity contribution in [2.45, 2.75) is 40.7 Å². The Bertz CT molecular complexity index is 763. The molecule has 0 radical (unpaired) electrons. The Morgan fingerprint density at radius 2 is 2.08 bits per heavy atom. The van der Waals surface area contributed by atoms with Crippen LogP contribution in [0.25, 0.3) is 10.9 Å². The number of H-pyrrole nitrogens is 1. The molecule has 0 saturated carbocycles. The van der Waals surface area contributed by atoms with Crippen molar-refractivity contribution < 1.29 is 4.74 Å². The maximum absolute atomic E-state index is 5.45. The lowest BCUT2D eigenvalue weighted by Crippen LogP contribution is -2.39. The molecular formula is C20H31IN4O. The van der Waals surface area contributed by atoms with E-state index in [-0.39, 0.29) is 24.0 Å². The number of aromatic nitrogens is 1. The van der Waals surface area contributed by atoms with Gasteiger partial charge in [-0.05, 0) is 51.3 Å². The van der Waals surface area contributed by atoms with E-state index in [9.17, 15) is 0 Å². The van der Waals surface area contributed by atoms with Gasteiger partial charge in [-0.15, -0.1) is 24.0 Å². The third kappa shape index (κ3) is 4.91. The number of benzene rings is 1. The van der Waals surface area contributed by atoms with E-state index in [1.807, 2.05) is 0 Å². The average molecular weight is 470 g/mol. The average Bonchev–Trinajstić information content (AvgIpc) is 3.20.